The third-order valence-electron chi connectivity index (χ3n) is 3.60. The molecule has 140 valence electrons. The van der Waals surface area contributed by atoms with Crippen LogP contribution >= 0.6 is 0 Å². The molecule has 0 bridgehead atoms. The molecule has 2 rings (SSSR count). The lowest BCUT2D eigenvalue weighted by atomic mass is 10.2. The number of carbonyl (C=O) groups excluding carboxylic acids is 1. The van der Waals surface area contributed by atoms with Gasteiger partial charge in [-0.15, -0.1) is 0 Å². The van der Waals surface area contributed by atoms with Crippen LogP contribution in [0, 0.1) is 18.6 Å². The average Bonchev–Trinajstić information content (AvgIpc) is 2.57. The number of carbonyl (C=O) groups is 1. The monoisotopic (exact) mass is 383 g/mol. The van der Waals surface area contributed by atoms with E-state index in [0.29, 0.717) is 5.56 Å². The fraction of sp³-hybridized carbons (Fsp3) is 0.235. The molecule has 0 aliphatic carbocycles. The molecule has 0 aliphatic rings. The fourth-order valence-corrected chi connectivity index (χ4v) is 3.31. The Balaban J connectivity index is 2.11. The molecule has 0 saturated carbocycles. The van der Waals surface area contributed by atoms with Crippen LogP contribution in [0.3, 0.4) is 0 Å². The number of rotatable bonds is 6. The molecule has 26 heavy (non-hydrogen) atoms. The van der Waals surface area contributed by atoms with E-state index in [2.05, 4.69) is 10.6 Å². The summed E-state index contributed by atoms with van der Waals surface area (Å²) in [7, 11) is -0.828. The number of amides is 1. The lowest BCUT2D eigenvalue weighted by Gasteiger charge is -2.15. The highest BCUT2D eigenvalue weighted by atomic mass is 32.2. The first-order valence-electron chi connectivity index (χ1n) is 7.63. The van der Waals surface area contributed by atoms with Gasteiger partial charge in [-0.3, -0.25) is 4.79 Å². The van der Waals surface area contributed by atoms with Crippen molar-refractivity contribution in [3.63, 3.8) is 0 Å². The molecule has 1 amide bonds. The molecule has 2 N–H and O–H groups in total. The van der Waals surface area contributed by atoms with Gasteiger partial charge in [0.1, 0.15) is 11.6 Å². The number of nitrogens with zero attached hydrogens (tertiary/aromatic N) is 1. The van der Waals surface area contributed by atoms with Crippen molar-refractivity contribution in [1.82, 2.24) is 4.31 Å². The molecule has 9 heteroatoms. The maximum Gasteiger partial charge on any atom is 0.243 e. The molecule has 0 radical (unpaired) electrons. The number of aryl methyl sites for hydroxylation is 1. The lowest BCUT2D eigenvalue weighted by Crippen LogP contribution is -2.24. The van der Waals surface area contributed by atoms with Crippen molar-refractivity contribution in [3.8, 4) is 0 Å². The van der Waals surface area contributed by atoms with Crippen LogP contribution in [0.25, 0.3) is 0 Å². The van der Waals surface area contributed by atoms with Crippen LogP contribution in [-0.2, 0) is 14.8 Å². The van der Waals surface area contributed by atoms with Crippen LogP contribution in [0.4, 0.5) is 20.2 Å². The minimum atomic E-state index is -3.66. The van der Waals surface area contributed by atoms with E-state index in [4.69, 9.17) is 0 Å². The maximum atomic E-state index is 13.5. The van der Waals surface area contributed by atoms with Gasteiger partial charge >= 0.3 is 0 Å². The number of hydrogen-bond donors (Lipinski definition) is 2. The first-order chi connectivity index (χ1) is 12.1. The van der Waals surface area contributed by atoms with Crippen molar-refractivity contribution in [2.45, 2.75) is 11.8 Å². The van der Waals surface area contributed by atoms with Crippen LogP contribution in [0.2, 0.25) is 0 Å². The maximum absolute atomic E-state index is 13.5. The normalized spacial score (nSPS) is 11.5. The van der Waals surface area contributed by atoms with Gasteiger partial charge in [-0.1, -0.05) is 6.07 Å². The third-order valence-corrected chi connectivity index (χ3v) is 5.56. The van der Waals surface area contributed by atoms with Crippen molar-refractivity contribution in [2.75, 3.05) is 31.3 Å². The van der Waals surface area contributed by atoms with Gasteiger partial charge < -0.3 is 10.6 Å². The van der Waals surface area contributed by atoms with E-state index in [-0.39, 0.29) is 22.8 Å². The summed E-state index contributed by atoms with van der Waals surface area (Å²) in [5, 5.41) is 5.02. The van der Waals surface area contributed by atoms with E-state index < -0.39 is 27.6 Å². The van der Waals surface area contributed by atoms with Crippen molar-refractivity contribution in [2.24, 2.45) is 0 Å². The summed E-state index contributed by atoms with van der Waals surface area (Å²) in [6, 6.07) is 7.35. The highest BCUT2D eigenvalue weighted by Gasteiger charge is 2.20. The predicted molar refractivity (Wildman–Crippen MR) is 95.5 cm³/mol. The van der Waals surface area contributed by atoms with Crippen LogP contribution in [-0.4, -0.2) is 39.3 Å². The lowest BCUT2D eigenvalue weighted by molar-refractivity contribution is -0.114. The quantitative estimate of drug-likeness (QED) is 0.804. The number of nitrogens with one attached hydrogen (secondary N) is 2. The first-order valence-corrected chi connectivity index (χ1v) is 9.07. The Kier molecular flexibility index (Phi) is 5.94. The van der Waals surface area contributed by atoms with E-state index in [1.54, 1.807) is 19.1 Å². The topological polar surface area (TPSA) is 78.5 Å². The van der Waals surface area contributed by atoms with Gasteiger partial charge in [0, 0.05) is 19.8 Å². The highest BCUT2D eigenvalue weighted by molar-refractivity contribution is 7.89. The Hall–Kier alpha value is -2.52. The van der Waals surface area contributed by atoms with Gasteiger partial charge in [0.15, 0.2) is 0 Å². The van der Waals surface area contributed by atoms with Gasteiger partial charge in [0.25, 0.3) is 0 Å². The summed E-state index contributed by atoms with van der Waals surface area (Å²) in [4.78, 5) is 12.1. The molecule has 0 aliphatic heterocycles. The summed E-state index contributed by atoms with van der Waals surface area (Å²) in [5.74, 6) is -1.86. The second-order valence-corrected chi connectivity index (χ2v) is 7.91. The zero-order valence-corrected chi connectivity index (χ0v) is 15.3. The molecule has 2 aromatic rings. The molecular formula is C17H19F2N3O3S. The largest absolute Gasteiger partial charge is 0.374 e. The Morgan fingerprint density at radius 2 is 1.81 bits per heavy atom. The number of hydrogen-bond acceptors (Lipinski definition) is 4. The summed E-state index contributed by atoms with van der Waals surface area (Å²) in [6.07, 6.45) is 0. The second kappa shape index (κ2) is 7.79. The van der Waals surface area contributed by atoms with E-state index >= 15 is 0 Å². The minimum absolute atomic E-state index is 0.0736. The van der Waals surface area contributed by atoms with Gasteiger partial charge in [0.2, 0.25) is 15.9 Å². The minimum Gasteiger partial charge on any atom is -0.374 e. The number of sulfonamides is 1. The highest BCUT2D eigenvalue weighted by Crippen LogP contribution is 2.22. The van der Waals surface area contributed by atoms with Gasteiger partial charge in [-0.2, -0.15) is 0 Å². The SMILES string of the molecule is Cc1ccc(NC(=O)CNc2cc(F)ccc2F)cc1S(=O)(=O)N(C)C. The molecule has 0 unspecified atom stereocenters. The van der Waals surface area contributed by atoms with Crippen molar-refractivity contribution in [3.05, 3.63) is 53.6 Å². The number of benzene rings is 2. The Morgan fingerprint density at radius 1 is 1.12 bits per heavy atom. The molecule has 0 fully saturated rings. The summed E-state index contributed by atoms with van der Waals surface area (Å²) in [5.41, 5.74) is 0.680. The standard InChI is InChI=1S/C17H19F2N3O3S/c1-11-4-6-13(9-16(11)26(24,25)22(2)3)21-17(23)10-20-15-8-12(18)5-7-14(15)19/h4-9,20H,10H2,1-3H3,(H,21,23). The van der Waals surface area contributed by atoms with Crippen molar-refractivity contribution >= 4 is 27.3 Å². The van der Waals surface area contributed by atoms with Crippen LogP contribution in [0.5, 0.6) is 0 Å². The van der Waals surface area contributed by atoms with E-state index in [1.165, 1.54) is 20.2 Å². The number of halogens is 2. The molecule has 0 saturated heterocycles. The van der Waals surface area contributed by atoms with Crippen molar-refractivity contribution in [1.29, 1.82) is 0 Å². The van der Waals surface area contributed by atoms with Gasteiger partial charge in [0.05, 0.1) is 17.1 Å². The Labute approximate surface area is 150 Å². The molecule has 6 nitrogen and oxygen atoms in total. The van der Waals surface area contributed by atoms with Crippen LogP contribution < -0.4 is 10.6 Å². The number of anilines is 2. The average molecular weight is 383 g/mol. The summed E-state index contributed by atoms with van der Waals surface area (Å²) in [6.45, 7) is 1.33. The Bertz CT molecular complexity index is 931. The second-order valence-electron chi connectivity index (χ2n) is 5.79. The van der Waals surface area contributed by atoms with Gasteiger partial charge in [-0.25, -0.2) is 21.5 Å². The third kappa shape index (κ3) is 4.55. The summed E-state index contributed by atoms with van der Waals surface area (Å²) >= 11 is 0. The Morgan fingerprint density at radius 3 is 2.46 bits per heavy atom. The molecule has 2 aromatic carbocycles. The van der Waals surface area contributed by atoms with E-state index in [9.17, 15) is 22.0 Å². The predicted octanol–water partition coefficient (Wildman–Crippen LogP) is 2.57. The molecule has 0 heterocycles. The van der Waals surface area contributed by atoms with Crippen molar-refractivity contribution < 1.29 is 22.0 Å². The zero-order chi connectivity index (χ0) is 19.5. The molecule has 0 spiro atoms. The van der Waals surface area contributed by atoms with Crippen LogP contribution in [0.1, 0.15) is 5.56 Å². The van der Waals surface area contributed by atoms with E-state index in [0.717, 1.165) is 22.5 Å². The molecule has 0 atom stereocenters. The smallest absolute Gasteiger partial charge is 0.243 e. The van der Waals surface area contributed by atoms with Gasteiger partial charge in [-0.05, 0) is 42.8 Å². The van der Waals surface area contributed by atoms with E-state index in [1.807, 2.05) is 0 Å². The van der Waals surface area contributed by atoms with Crippen LogP contribution in [0.15, 0.2) is 41.3 Å². The molecule has 0 aromatic heterocycles. The first kappa shape index (κ1) is 19.8. The summed E-state index contributed by atoms with van der Waals surface area (Å²) < 4.78 is 52.3. The fourth-order valence-electron chi connectivity index (χ4n) is 2.17. The molecular weight excluding hydrogens is 364 g/mol. The zero-order valence-electron chi connectivity index (χ0n) is 14.5.